The molecule has 1 aromatic carbocycles. The molecule has 84 valence electrons. The number of hydrogen-bond donors (Lipinski definition) is 1. The minimum Gasteiger partial charge on any atom is -0.493 e. The second-order valence-electron chi connectivity index (χ2n) is 3.11. The van der Waals surface area contributed by atoms with Crippen molar-refractivity contribution in [3.63, 3.8) is 0 Å². The topological polar surface area (TPSA) is 44.5 Å². The Kier molecular flexibility index (Phi) is 3.93. The first-order valence-electron chi connectivity index (χ1n) is 4.38. The van der Waals surface area contributed by atoms with Gasteiger partial charge in [-0.15, -0.1) is 0 Å². The van der Waals surface area contributed by atoms with E-state index in [4.69, 9.17) is 15.2 Å². The van der Waals surface area contributed by atoms with Crippen molar-refractivity contribution in [1.29, 1.82) is 0 Å². The average molecular weight is 278 g/mol. The van der Waals surface area contributed by atoms with Crippen molar-refractivity contribution < 1.29 is 13.9 Å². The standard InChI is InChI=1S/C10H13BrFNO2/c1-5(13)8-9(12)6(11)4-7(14-2)10(8)15-3/h4-5H,13H2,1-3H3. The summed E-state index contributed by atoms with van der Waals surface area (Å²) in [6.45, 7) is 1.69. The van der Waals surface area contributed by atoms with Crippen LogP contribution in [-0.2, 0) is 0 Å². The highest BCUT2D eigenvalue weighted by Gasteiger charge is 2.21. The lowest BCUT2D eigenvalue weighted by molar-refractivity contribution is 0.345. The van der Waals surface area contributed by atoms with Gasteiger partial charge < -0.3 is 15.2 Å². The minimum absolute atomic E-state index is 0.309. The van der Waals surface area contributed by atoms with Crippen molar-refractivity contribution in [3.05, 3.63) is 21.9 Å². The first kappa shape index (κ1) is 12.3. The van der Waals surface area contributed by atoms with Gasteiger partial charge in [0.1, 0.15) is 5.82 Å². The van der Waals surface area contributed by atoms with Crippen molar-refractivity contribution in [2.75, 3.05) is 14.2 Å². The van der Waals surface area contributed by atoms with Crippen LogP contribution < -0.4 is 15.2 Å². The first-order chi connectivity index (χ1) is 7.02. The van der Waals surface area contributed by atoms with Crippen LogP contribution in [0.3, 0.4) is 0 Å². The maximum atomic E-state index is 13.8. The summed E-state index contributed by atoms with van der Waals surface area (Å²) in [4.78, 5) is 0. The molecule has 0 saturated heterocycles. The van der Waals surface area contributed by atoms with Crippen LogP contribution in [0, 0.1) is 5.82 Å². The summed E-state index contributed by atoms with van der Waals surface area (Å²) in [5.41, 5.74) is 6.00. The molecule has 0 saturated carbocycles. The van der Waals surface area contributed by atoms with E-state index >= 15 is 0 Å². The molecule has 2 N–H and O–H groups in total. The van der Waals surface area contributed by atoms with Gasteiger partial charge in [0.2, 0.25) is 0 Å². The Balaban J connectivity index is 3.49. The van der Waals surface area contributed by atoms with E-state index in [1.807, 2.05) is 0 Å². The van der Waals surface area contributed by atoms with Gasteiger partial charge in [-0.05, 0) is 22.9 Å². The van der Waals surface area contributed by atoms with Gasteiger partial charge >= 0.3 is 0 Å². The van der Waals surface area contributed by atoms with E-state index in [1.165, 1.54) is 20.3 Å². The van der Waals surface area contributed by atoms with Crippen LogP contribution in [0.25, 0.3) is 0 Å². The van der Waals surface area contributed by atoms with Crippen molar-refractivity contribution in [2.45, 2.75) is 13.0 Å². The highest BCUT2D eigenvalue weighted by atomic mass is 79.9. The van der Waals surface area contributed by atoms with Gasteiger partial charge in [0.25, 0.3) is 0 Å². The second-order valence-corrected chi connectivity index (χ2v) is 3.96. The Labute approximate surface area is 96.5 Å². The molecule has 3 nitrogen and oxygen atoms in total. The molecule has 0 amide bonds. The van der Waals surface area contributed by atoms with Gasteiger partial charge in [0, 0.05) is 12.1 Å². The second kappa shape index (κ2) is 4.81. The molecule has 1 unspecified atom stereocenters. The monoisotopic (exact) mass is 277 g/mol. The van der Waals surface area contributed by atoms with E-state index in [2.05, 4.69) is 15.9 Å². The molecule has 0 fully saturated rings. The van der Waals surface area contributed by atoms with E-state index < -0.39 is 11.9 Å². The molecule has 0 radical (unpaired) electrons. The number of rotatable bonds is 3. The molecule has 0 bridgehead atoms. The average Bonchev–Trinajstić information content (AvgIpc) is 2.20. The lowest BCUT2D eigenvalue weighted by Gasteiger charge is -2.16. The smallest absolute Gasteiger partial charge is 0.168 e. The fraction of sp³-hybridized carbons (Fsp3) is 0.400. The molecule has 1 rings (SSSR count). The molecule has 0 aromatic heterocycles. The van der Waals surface area contributed by atoms with Crippen LogP contribution in [-0.4, -0.2) is 14.2 Å². The third-order valence-electron chi connectivity index (χ3n) is 2.05. The summed E-state index contributed by atoms with van der Waals surface area (Å²) in [5, 5.41) is 0. The Morgan fingerprint density at radius 2 is 2.00 bits per heavy atom. The Morgan fingerprint density at radius 1 is 1.40 bits per heavy atom. The van der Waals surface area contributed by atoms with E-state index in [1.54, 1.807) is 6.92 Å². The highest BCUT2D eigenvalue weighted by molar-refractivity contribution is 9.10. The molecule has 0 spiro atoms. The summed E-state index contributed by atoms with van der Waals surface area (Å²) < 4.78 is 24.3. The van der Waals surface area contributed by atoms with Crippen LogP contribution in [0.15, 0.2) is 10.5 Å². The Morgan fingerprint density at radius 3 is 2.40 bits per heavy atom. The molecule has 0 aliphatic heterocycles. The molecule has 0 heterocycles. The van der Waals surface area contributed by atoms with E-state index in [0.29, 0.717) is 21.5 Å². The summed E-state index contributed by atoms with van der Waals surface area (Å²) in [6, 6.07) is 1.05. The number of halogens is 2. The van der Waals surface area contributed by atoms with Crippen molar-refractivity contribution in [3.8, 4) is 11.5 Å². The van der Waals surface area contributed by atoms with Crippen LogP contribution >= 0.6 is 15.9 Å². The van der Waals surface area contributed by atoms with E-state index in [0.717, 1.165) is 0 Å². The van der Waals surface area contributed by atoms with Gasteiger partial charge in [0.15, 0.2) is 11.5 Å². The van der Waals surface area contributed by atoms with Gasteiger partial charge in [-0.1, -0.05) is 0 Å². The van der Waals surface area contributed by atoms with Crippen LogP contribution in [0.1, 0.15) is 18.5 Å². The molecule has 1 atom stereocenters. The molecular formula is C10H13BrFNO2. The fourth-order valence-corrected chi connectivity index (χ4v) is 1.80. The van der Waals surface area contributed by atoms with Crippen LogP contribution in [0.2, 0.25) is 0 Å². The summed E-state index contributed by atoms with van der Waals surface area (Å²) in [6.07, 6.45) is 0. The number of hydrogen-bond acceptors (Lipinski definition) is 3. The fourth-order valence-electron chi connectivity index (χ4n) is 1.37. The SMILES string of the molecule is COc1cc(Br)c(F)c(C(C)N)c1OC. The van der Waals surface area contributed by atoms with Gasteiger partial charge in [0.05, 0.1) is 24.3 Å². The third kappa shape index (κ3) is 2.23. The predicted octanol–water partition coefficient (Wildman–Crippen LogP) is 2.63. The lowest BCUT2D eigenvalue weighted by Crippen LogP contribution is -2.11. The minimum atomic E-state index is -0.466. The third-order valence-corrected chi connectivity index (χ3v) is 2.63. The van der Waals surface area contributed by atoms with Crippen molar-refractivity contribution in [1.82, 2.24) is 0 Å². The Bertz CT molecular complexity index is 369. The molecule has 1 aromatic rings. The maximum absolute atomic E-state index is 13.8. The van der Waals surface area contributed by atoms with Crippen LogP contribution in [0.4, 0.5) is 4.39 Å². The number of methoxy groups -OCH3 is 2. The predicted molar refractivity (Wildman–Crippen MR) is 59.8 cm³/mol. The normalized spacial score (nSPS) is 12.4. The zero-order valence-electron chi connectivity index (χ0n) is 8.80. The summed E-state index contributed by atoms with van der Waals surface area (Å²) >= 11 is 3.10. The number of ether oxygens (including phenoxy) is 2. The number of benzene rings is 1. The number of nitrogens with two attached hydrogens (primary N) is 1. The first-order valence-corrected chi connectivity index (χ1v) is 5.17. The van der Waals surface area contributed by atoms with E-state index in [9.17, 15) is 4.39 Å². The zero-order valence-corrected chi connectivity index (χ0v) is 10.4. The molecule has 5 heteroatoms. The largest absolute Gasteiger partial charge is 0.493 e. The quantitative estimate of drug-likeness (QED) is 0.924. The van der Waals surface area contributed by atoms with Gasteiger partial charge in [-0.25, -0.2) is 4.39 Å². The maximum Gasteiger partial charge on any atom is 0.168 e. The van der Waals surface area contributed by atoms with Gasteiger partial charge in [-0.3, -0.25) is 0 Å². The van der Waals surface area contributed by atoms with Crippen LogP contribution in [0.5, 0.6) is 11.5 Å². The van der Waals surface area contributed by atoms with Crippen molar-refractivity contribution >= 4 is 15.9 Å². The van der Waals surface area contributed by atoms with E-state index in [-0.39, 0.29) is 0 Å². The highest BCUT2D eigenvalue weighted by Crippen LogP contribution is 2.39. The zero-order chi connectivity index (χ0) is 11.6. The molecule has 0 aliphatic carbocycles. The Hall–Kier alpha value is -0.810. The molecule has 0 aliphatic rings. The summed E-state index contributed by atoms with van der Waals surface area (Å²) in [5.74, 6) is 0.383. The van der Waals surface area contributed by atoms with Gasteiger partial charge in [-0.2, -0.15) is 0 Å². The van der Waals surface area contributed by atoms with Crippen molar-refractivity contribution in [2.24, 2.45) is 5.73 Å². The lowest BCUT2D eigenvalue weighted by atomic mass is 10.1. The molecular weight excluding hydrogens is 265 g/mol. The summed E-state index contributed by atoms with van der Waals surface area (Å²) in [7, 11) is 2.95. The molecule has 15 heavy (non-hydrogen) atoms.